The van der Waals surface area contributed by atoms with Crippen LogP contribution in [0.3, 0.4) is 0 Å². The highest BCUT2D eigenvalue weighted by Gasteiger charge is 2.22. The van der Waals surface area contributed by atoms with Crippen LogP contribution in [0.25, 0.3) is 6.08 Å². The lowest BCUT2D eigenvalue weighted by molar-refractivity contribution is -0.111. The zero-order valence-corrected chi connectivity index (χ0v) is 11.6. The van der Waals surface area contributed by atoms with Gasteiger partial charge >= 0.3 is 0 Å². The number of hydrazone groups is 1. The van der Waals surface area contributed by atoms with Crippen molar-refractivity contribution in [3.05, 3.63) is 52.9 Å². The van der Waals surface area contributed by atoms with E-state index < -0.39 is 0 Å². The van der Waals surface area contributed by atoms with E-state index in [1.54, 1.807) is 29.4 Å². The third kappa shape index (κ3) is 3.63. The minimum Gasteiger partial charge on any atom is -0.303 e. The van der Waals surface area contributed by atoms with Crippen molar-refractivity contribution in [3.63, 3.8) is 0 Å². The van der Waals surface area contributed by atoms with Crippen molar-refractivity contribution in [2.75, 3.05) is 14.1 Å². The highest BCUT2D eigenvalue weighted by Crippen LogP contribution is 2.27. The van der Waals surface area contributed by atoms with Crippen molar-refractivity contribution < 1.29 is 9.18 Å². The normalized spacial score (nSPS) is 19.4. The Balaban J connectivity index is 2.13. The molecule has 1 aliphatic rings. The Labute approximate surface area is 118 Å². The van der Waals surface area contributed by atoms with E-state index in [1.807, 2.05) is 20.2 Å². The zero-order valence-electron chi connectivity index (χ0n) is 11.6. The Bertz CT molecular complexity index is 583. The third-order valence-electron chi connectivity index (χ3n) is 3.03. The number of nitrogens with zero attached hydrogens (tertiary/aromatic N) is 2. The molecule has 3 nitrogen and oxygen atoms in total. The Morgan fingerprint density at radius 1 is 1.15 bits per heavy atom. The average molecular weight is 272 g/mol. The van der Waals surface area contributed by atoms with Gasteiger partial charge in [-0.25, -0.2) is 4.39 Å². The van der Waals surface area contributed by atoms with Gasteiger partial charge < -0.3 is 5.01 Å². The van der Waals surface area contributed by atoms with E-state index in [0.29, 0.717) is 0 Å². The highest BCUT2D eigenvalue weighted by molar-refractivity contribution is 6.14. The van der Waals surface area contributed by atoms with Crippen molar-refractivity contribution in [2.24, 2.45) is 5.10 Å². The molecule has 0 aromatic heterocycles. The summed E-state index contributed by atoms with van der Waals surface area (Å²) in [5.41, 5.74) is 2.38. The van der Waals surface area contributed by atoms with Crippen LogP contribution >= 0.6 is 0 Å². The average Bonchev–Trinajstić information content (AvgIpc) is 2.74. The van der Waals surface area contributed by atoms with Crippen LogP contribution in [-0.4, -0.2) is 31.1 Å². The standard InChI is InChI=1S/C16H17FN2O/c1-19(2)18-10-9-13-5-6-14(16(13)20)11-12-3-7-15(17)8-4-12/h3-4,7-11H,5-6H2,1-2H3. The second kappa shape index (κ2) is 6.28. The van der Waals surface area contributed by atoms with Gasteiger partial charge in [0.05, 0.1) is 0 Å². The van der Waals surface area contributed by atoms with Crippen LogP contribution in [0.4, 0.5) is 4.39 Å². The van der Waals surface area contributed by atoms with Gasteiger partial charge in [0.25, 0.3) is 0 Å². The third-order valence-corrected chi connectivity index (χ3v) is 3.03. The zero-order chi connectivity index (χ0) is 14.5. The molecule has 0 saturated heterocycles. The van der Waals surface area contributed by atoms with Crippen LogP contribution in [0, 0.1) is 5.82 Å². The number of carbonyl (C=O) groups is 1. The molecule has 0 aliphatic heterocycles. The summed E-state index contributed by atoms with van der Waals surface area (Å²) in [6.07, 6.45) is 6.66. The van der Waals surface area contributed by atoms with Crippen molar-refractivity contribution in [3.8, 4) is 0 Å². The van der Waals surface area contributed by atoms with Gasteiger partial charge in [-0.3, -0.25) is 4.79 Å². The first-order chi connectivity index (χ1) is 9.56. The lowest BCUT2D eigenvalue weighted by atomic mass is 10.1. The van der Waals surface area contributed by atoms with E-state index in [1.165, 1.54) is 12.1 Å². The van der Waals surface area contributed by atoms with Crippen LogP contribution in [0.1, 0.15) is 18.4 Å². The van der Waals surface area contributed by atoms with Gasteiger partial charge in [0.15, 0.2) is 5.78 Å². The predicted octanol–water partition coefficient (Wildman–Crippen LogP) is 3.05. The molecule has 20 heavy (non-hydrogen) atoms. The second-order valence-corrected chi connectivity index (χ2v) is 4.85. The topological polar surface area (TPSA) is 32.7 Å². The van der Waals surface area contributed by atoms with E-state index in [2.05, 4.69) is 5.10 Å². The lowest BCUT2D eigenvalue weighted by Crippen LogP contribution is -2.01. The van der Waals surface area contributed by atoms with Gasteiger partial charge in [-0.15, -0.1) is 0 Å². The maximum absolute atomic E-state index is 12.8. The van der Waals surface area contributed by atoms with E-state index in [-0.39, 0.29) is 11.6 Å². The first-order valence-electron chi connectivity index (χ1n) is 6.47. The van der Waals surface area contributed by atoms with E-state index in [9.17, 15) is 9.18 Å². The largest absolute Gasteiger partial charge is 0.303 e. The summed E-state index contributed by atoms with van der Waals surface area (Å²) >= 11 is 0. The van der Waals surface area contributed by atoms with E-state index >= 15 is 0 Å². The first-order valence-corrected chi connectivity index (χ1v) is 6.47. The molecule has 0 unspecified atom stereocenters. The van der Waals surface area contributed by atoms with Gasteiger partial charge in [-0.2, -0.15) is 5.10 Å². The number of Topliss-reactive ketones (excluding diaryl/α,β-unsaturated/α-hetero) is 1. The Kier molecular flexibility index (Phi) is 4.45. The van der Waals surface area contributed by atoms with Crippen LogP contribution in [0.2, 0.25) is 0 Å². The Hall–Kier alpha value is -2.23. The van der Waals surface area contributed by atoms with Crippen molar-refractivity contribution >= 4 is 18.1 Å². The number of hydrogen-bond donors (Lipinski definition) is 0. The summed E-state index contributed by atoms with van der Waals surface area (Å²) in [5, 5.41) is 5.73. The number of benzene rings is 1. The van der Waals surface area contributed by atoms with E-state index in [4.69, 9.17) is 0 Å². The van der Waals surface area contributed by atoms with Gasteiger partial charge in [0.2, 0.25) is 0 Å². The molecular formula is C16H17FN2O. The molecule has 0 heterocycles. The SMILES string of the molecule is CN(C)N=CC=C1CCC(=Cc2ccc(F)cc2)C1=O. The summed E-state index contributed by atoms with van der Waals surface area (Å²) in [6.45, 7) is 0. The number of ketones is 1. The number of hydrogen-bond acceptors (Lipinski definition) is 3. The van der Waals surface area contributed by atoms with Crippen LogP contribution in [0.15, 0.2) is 46.6 Å². The summed E-state index contributed by atoms with van der Waals surface area (Å²) in [5.74, 6) is -0.218. The van der Waals surface area contributed by atoms with Gasteiger partial charge in [-0.05, 0) is 42.7 Å². The van der Waals surface area contributed by atoms with Gasteiger partial charge in [-0.1, -0.05) is 12.1 Å². The number of allylic oxidation sites excluding steroid dienone is 3. The maximum Gasteiger partial charge on any atom is 0.185 e. The molecule has 0 bridgehead atoms. The minimum atomic E-state index is -0.273. The molecule has 0 radical (unpaired) electrons. The van der Waals surface area contributed by atoms with Crippen molar-refractivity contribution in [1.82, 2.24) is 5.01 Å². The fraction of sp³-hybridized carbons (Fsp3) is 0.250. The molecule has 1 aromatic rings. The van der Waals surface area contributed by atoms with E-state index in [0.717, 1.165) is 29.6 Å². The van der Waals surface area contributed by atoms with Crippen LogP contribution in [-0.2, 0) is 4.79 Å². The van der Waals surface area contributed by atoms with Crippen molar-refractivity contribution in [2.45, 2.75) is 12.8 Å². The number of rotatable bonds is 3. The van der Waals surface area contributed by atoms with Gasteiger partial charge in [0, 0.05) is 31.5 Å². The minimum absolute atomic E-state index is 0.0551. The smallest absolute Gasteiger partial charge is 0.185 e. The molecule has 0 N–H and O–H groups in total. The molecular weight excluding hydrogens is 255 g/mol. The highest BCUT2D eigenvalue weighted by atomic mass is 19.1. The Morgan fingerprint density at radius 3 is 2.45 bits per heavy atom. The molecule has 0 spiro atoms. The van der Waals surface area contributed by atoms with Crippen LogP contribution in [0.5, 0.6) is 0 Å². The molecule has 104 valence electrons. The summed E-state index contributed by atoms with van der Waals surface area (Å²) < 4.78 is 12.8. The Morgan fingerprint density at radius 2 is 1.80 bits per heavy atom. The summed E-state index contributed by atoms with van der Waals surface area (Å²) in [6, 6.07) is 6.13. The molecule has 1 aromatic carbocycles. The van der Waals surface area contributed by atoms with Crippen LogP contribution < -0.4 is 0 Å². The summed E-state index contributed by atoms with van der Waals surface area (Å²) in [7, 11) is 3.65. The van der Waals surface area contributed by atoms with Gasteiger partial charge in [0.1, 0.15) is 5.82 Å². The molecule has 0 amide bonds. The molecule has 1 fully saturated rings. The summed E-state index contributed by atoms with van der Waals surface area (Å²) in [4.78, 5) is 12.2. The number of carbonyl (C=O) groups excluding carboxylic acids is 1. The molecule has 1 saturated carbocycles. The predicted molar refractivity (Wildman–Crippen MR) is 78.9 cm³/mol. The molecule has 2 rings (SSSR count). The fourth-order valence-corrected chi connectivity index (χ4v) is 2.02. The maximum atomic E-state index is 12.8. The molecule has 1 aliphatic carbocycles. The van der Waals surface area contributed by atoms with Crippen molar-refractivity contribution in [1.29, 1.82) is 0 Å². The quantitative estimate of drug-likeness (QED) is 0.481. The fourth-order valence-electron chi connectivity index (χ4n) is 2.02. The second-order valence-electron chi connectivity index (χ2n) is 4.85. The lowest BCUT2D eigenvalue weighted by Gasteiger charge is -2.00. The first kappa shape index (κ1) is 14.2. The number of halogens is 1. The monoisotopic (exact) mass is 272 g/mol. The molecule has 4 heteroatoms. The molecule has 0 atom stereocenters.